The van der Waals surface area contributed by atoms with Gasteiger partial charge in [0.1, 0.15) is 0 Å². The van der Waals surface area contributed by atoms with Crippen molar-refractivity contribution in [1.29, 1.82) is 0 Å². The van der Waals surface area contributed by atoms with Gasteiger partial charge in [-0.1, -0.05) is 12.1 Å². The average Bonchev–Trinajstić information content (AvgIpc) is 3.36. The second-order valence-electron chi connectivity index (χ2n) is 10.0. The summed E-state index contributed by atoms with van der Waals surface area (Å²) in [5, 5.41) is 0. The number of amides is 1. The highest BCUT2D eigenvalue weighted by Crippen LogP contribution is 2.35. The van der Waals surface area contributed by atoms with E-state index in [1.807, 2.05) is 17.0 Å². The van der Waals surface area contributed by atoms with Crippen molar-refractivity contribution >= 4 is 17.3 Å². The fourth-order valence-electron chi connectivity index (χ4n) is 5.17. The summed E-state index contributed by atoms with van der Waals surface area (Å²) in [5.74, 6) is 0.0833. The molecule has 0 unspecified atom stereocenters. The number of benzene rings is 2. The van der Waals surface area contributed by atoms with Crippen LogP contribution in [0.15, 0.2) is 48.5 Å². The first-order valence-corrected chi connectivity index (χ1v) is 12.6. The monoisotopic (exact) mass is 465 g/mol. The summed E-state index contributed by atoms with van der Waals surface area (Å²) in [7, 11) is 2.19. The van der Waals surface area contributed by atoms with Crippen LogP contribution in [0, 0.1) is 0 Å². The highest BCUT2D eigenvalue weighted by molar-refractivity contribution is 5.95. The zero-order chi connectivity index (χ0) is 24.2. The molecule has 184 valence electrons. The van der Waals surface area contributed by atoms with Crippen LogP contribution in [0.2, 0.25) is 0 Å². The molecule has 34 heavy (non-hydrogen) atoms. The predicted octanol–water partition coefficient (Wildman–Crippen LogP) is 5.22. The molecule has 2 heterocycles. The SMILES string of the molecule is CC(C)N(C(=O)c1ccc(N(c2cccc(C3OCCO3)c2)C2CCN(C)CC2)cc1)C(C)C. The van der Waals surface area contributed by atoms with Gasteiger partial charge in [0.15, 0.2) is 6.29 Å². The molecule has 2 aliphatic heterocycles. The lowest BCUT2D eigenvalue weighted by Gasteiger charge is -2.39. The molecule has 0 saturated carbocycles. The van der Waals surface area contributed by atoms with Crippen molar-refractivity contribution in [3.05, 3.63) is 59.7 Å². The fourth-order valence-corrected chi connectivity index (χ4v) is 5.17. The third-order valence-electron chi connectivity index (χ3n) is 6.84. The molecule has 0 aromatic heterocycles. The lowest BCUT2D eigenvalue weighted by molar-refractivity contribution is -0.0440. The van der Waals surface area contributed by atoms with Crippen LogP contribution in [0.1, 0.15) is 62.7 Å². The zero-order valence-electron chi connectivity index (χ0n) is 21.2. The number of ether oxygens (including phenoxy) is 2. The van der Waals surface area contributed by atoms with Gasteiger partial charge in [0.05, 0.1) is 13.2 Å². The van der Waals surface area contributed by atoms with Crippen LogP contribution in [0.4, 0.5) is 11.4 Å². The molecule has 0 N–H and O–H groups in total. The summed E-state index contributed by atoms with van der Waals surface area (Å²) in [6, 6.07) is 17.4. The smallest absolute Gasteiger partial charge is 0.254 e. The van der Waals surface area contributed by atoms with E-state index in [4.69, 9.17) is 9.47 Å². The first-order valence-electron chi connectivity index (χ1n) is 12.6. The van der Waals surface area contributed by atoms with Gasteiger partial charge in [0.25, 0.3) is 5.91 Å². The number of hydrogen-bond donors (Lipinski definition) is 0. The van der Waals surface area contributed by atoms with E-state index in [0.717, 1.165) is 48.4 Å². The molecular weight excluding hydrogens is 426 g/mol. The molecule has 2 aliphatic rings. The second-order valence-corrected chi connectivity index (χ2v) is 10.0. The fraction of sp³-hybridized carbons (Fsp3) is 0.536. The molecule has 0 radical (unpaired) electrons. The minimum Gasteiger partial charge on any atom is -0.346 e. The summed E-state index contributed by atoms with van der Waals surface area (Å²) >= 11 is 0. The van der Waals surface area contributed by atoms with Gasteiger partial charge in [0, 0.05) is 40.6 Å². The van der Waals surface area contributed by atoms with Crippen LogP contribution >= 0.6 is 0 Å². The number of carbonyl (C=O) groups excluding carboxylic acids is 1. The molecule has 4 rings (SSSR count). The number of carbonyl (C=O) groups is 1. The van der Waals surface area contributed by atoms with Crippen molar-refractivity contribution in [2.75, 3.05) is 38.3 Å². The Morgan fingerprint density at radius 1 is 0.912 bits per heavy atom. The molecule has 2 aromatic rings. The maximum absolute atomic E-state index is 13.2. The number of likely N-dealkylation sites (tertiary alicyclic amines) is 1. The summed E-state index contributed by atoms with van der Waals surface area (Å²) < 4.78 is 11.5. The first-order chi connectivity index (χ1) is 16.3. The summed E-state index contributed by atoms with van der Waals surface area (Å²) in [6.45, 7) is 11.7. The molecule has 2 aromatic carbocycles. The standard InChI is InChI=1S/C28H39N3O3/c1-20(2)30(21(3)4)27(32)22-9-11-24(12-10-22)31(25-13-15-29(5)16-14-25)26-8-6-7-23(19-26)28-33-17-18-34-28/h6-12,19-21,25,28H,13-18H2,1-5H3. The Morgan fingerprint density at radius 3 is 2.12 bits per heavy atom. The van der Waals surface area contributed by atoms with Crippen molar-refractivity contribution in [2.24, 2.45) is 0 Å². The predicted molar refractivity (Wildman–Crippen MR) is 137 cm³/mol. The Labute approximate surface area is 204 Å². The molecule has 0 atom stereocenters. The molecular formula is C28H39N3O3. The van der Waals surface area contributed by atoms with Crippen molar-refractivity contribution in [3.8, 4) is 0 Å². The molecule has 1 amide bonds. The van der Waals surface area contributed by atoms with Crippen molar-refractivity contribution in [1.82, 2.24) is 9.80 Å². The highest BCUT2D eigenvalue weighted by Gasteiger charge is 2.27. The Kier molecular flexibility index (Phi) is 7.91. The number of nitrogens with zero attached hydrogens (tertiary/aromatic N) is 3. The normalized spacial score (nSPS) is 18.1. The zero-order valence-corrected chi connectivity index (χ0v) is 21.2. The van der Waals surface area contributed by atoms with Gasteiger partial charge < -0.3 is 24.2 Å². The topological polar surface area (TPSA) is 45.3 Å². The van der Waals surface area contributed by atoms with Gasteiger partial charge in [0.2, 0.25) is 0 Å². The van der Waals surface area contributed by atoms with E-state index in [1.54, 1.807) is 0 Å². The van der Waals surface area contributed by atoms with E-state index in [2.05, 4.69) is 80.9 Å². The van der Waals surface area contributed by atoms with Gasteiger partial charge in [-0.05, 0) is 97.1 Å². The van der Waals surface area contributed by atoms with E-state index >= 15 is 0 Å². The van der Waals surface area contributed by atoms with Crippen molar-refractivity contribution < 1.29 is 14.3 Å². The minimum absolute atomic E-state index is 0.0833. The van der Waals surface area contributed by atoms with Crippen LogP contribution in [0.5, 0.6) is 0 Å². The summed E-state index contributed by atoms with van der Waals surface area (Å²) in [5.41, 5.74) is 4.02. The van der Waals surface area contributed by atoms with Crippen molar-refractivity contribution in [3.63, 3.8) is 0 Å². The Bertz CT molecular complexity index is 938. The third kappa shape index (κ3) is 5.45. The number of piperidine rings is 1. The molecule has 6 nitrogen and oxygen atoms in total. The van der Waals surface area contributed by atoms with E-state index < -0.39 is 0 Å². The maximum Gasteiger partial charge on any atom is 0.254 e. The van der Waals surface area contributed by atoms with Gasteiger partial charge >= 0.3 is 0 Å². The van der Waals surface area contributed by atoms with Crippen LogP contribution < -0.4 is 4.90 Å². The highest BCUT2D eigenvalue weighted by atomic mass is 16.7. The van der Waals surface area contributed by atoms with Gasteiger partial charge in [-0.2, -0.15) is 0 Å². The average molecular weight is 466 g/mol. The number of anilines is 2. The minimum atomic E-state index is -0.294. The number of rotatable bonds is 7. The Hall–Kier alpha value is -2.41. The van der Waals surface area contributed by atoms with Crippen LogP contribution in [0.25, 0.3) is 0 Å². The third-order valence-corrected chi connectivity index (χ3v) is 6.84. The first kappa shape index (κ1) is 24.7. The van der Waals surface area contributed by atoms with Crippen molar-refractivity contribution in [2.45, 2.75) is 65.0 Å². The van der Waals surface area contributed by atoms with Crippen LogP contribution in [-0.4, -0.2) is 67.2 Å². The molecule has 6 heteroatoms. The summed E-state index contributed by atoms with van der Waals surface area (Å²) in [6.07, 6.45) is 1.89. The largest absolute Gasteiger partial charge is 0.346 e. The van der Waals surface area contributed by atoms with E-state index in [9.17, 15) is 4.79 Å². The quantitative estimate of drug-likeness (QED) is 0.561. The Balaban J connectivity index is 1.65. The molecule has 0 aliphatic carbocycles. The molecule has 2 fully saturated rings. The lowest BCUT2D eigenvalue weighted by Crippen LogP contribution is -2.42. The second kappa shape index (κ2) is 10.9. The molecule has 0 bridgehead atoms. The van der Waals surface area contributed by atoms with Crippen LogP contribution in [-0.2, 0) is 9.47 Å². The Morgan fingerprint density at radius 2 is 1.53 bits per heavy atom. The molecule has 2 saturated heterocycles. The van der Waals surface area contributed by atoms with Gasteiger partial charge in [-0.3, -0.25) is 4.79 Å². The summed E-state index contributed by atoms with van der Waals surface area (Å²) in [4.78, 5) is 19.9. The number of hydrogen-bond acceptors (Lipinski definition) is 5. The molecule has 0 spiro atoms. The van der Waals surface area contributed by atoms with Gasteiger partial charge in [-0.25, -0.2) is 0 Å². The van der Waals surface area contributed by atoms with Crippen LogP contribution in [0.3, 0.4) is 0 Å². The van der Waals surface area contributed by atoms with E-state index in [1.165, 1.54) is 0 Å². The van der Waals surface area contributed by atoms with Gasteiger partial charge in [-0.15, -0.1) is 0 Å². The maximum atomic E-state index is 13.2. The van der Waals surface area contributed by atoms with E-state index in [0.29, 0.717) is 19.3 Å². The van der Waals surface area contributed by atoms with E-state index in [-0.39, 0.29) is 24.3 Å². The lowest BCUT2D eigenvalue weighted by atomic mass is 10.0.